The van der Waals surface area contributed by atoms with Crippen LogP contribution in [0.1, 0.15) is 11.1 Å². The lowest BCUT2D eigenvalue weighted by Crippen LogP contribution is -2.20. The number of para-hydroxylation sites is 1. The van der Waals surface area contributed by atoms with Crippen LogP contribution in [0.3, 0.4) is 0 Å². The Balaban J connectivity index is 1.43. The van der Waals surface area contributed by atoms with Crippen molar-refractivity contribution in [1.29, 1.82) is 0 Å². The maximum atomic E-state index is 12.2. The van der Waals surface area contributed by atoms with E-state index >= 15 is 0 Å². The van der Waals surface area contributed by atoms with E-state index in [1.807, 2.05) is 68.4 Å². The minimum Gasteiger partial charge on any atom is -0.484 e. The summed E-state index contributed by atoms with van der Waals surface area (Å²) in [4.78, 5) is 16.9. The number of halogens is 1. The monoisotopic (exact) mass is 422 g/mol. The molecule has 0 fully saturated rings. The highest BCUT2D eigenvalue weighted by atomic mass is 35.5. The number of carbonyl (C=O) groups excluding carboxylic acids is 1. The topological polar surface area (TPSA) is 51.2 Å². The first kappa shape index (κ1) is 19.4. The fourth-order valence-corrected chi connectivity index (χ4v) is 4.23. The van der Waals surface area contributed by atoms with Gasteiger partial charge in [-0.25, -0.2) is 4.98 Å². The second kappa shape index (κ2) is 8.23. The number of fused-ring (bicyclic) bond motifs is 1. The Morgan fingerprint density at radius 1 is 1.07 bits per heavy atom. The highest BCUT2D eigenvalue weighted by Crippen LogP contribution is 2.35. The van der Waals surface area contributed by atoms with Crippen LogP contribution in [-0.4, -0.2) is 17.5 Å². The molecular formula is C23H19ClN2O2S. The summed E-state index contributed by atoms with van der Waals surface area (Å²) >= 11 is 8.05. The summed E-state index contributed by atoms with van der Waals surface area (Å²) in [6.07, 6.45) is 0. The van der Waals surface area contributed by atoms with Gasteiger partial charge in [0.15, 0.2) is 6.61 Å². The zero-order chi connectivity index (χ0) is 20.4. The molecule has 0 aliphatic rings. The Labute approximate surface area is 178 Å². The molecule has 4 nitrogen and oxygen atoms in total. The van der Waals surface area contributed by atoms with Gasteiger partial charge in [-0.3, -0.25) is 4.79 Å². The van der Waals surface area contributed by atoms with Gasteiger partial charge in [-0.15, -0.1) is 11.3 Å². The average molecular weight is 423 g/mol. The maximum absolute atomic E-state index is 12.2. The molecule has 29 heavy (non-hydrogen) atoms. The van der Waals surface area contributed by atoms with Crippen LogP contribution in [0.4, 0.5) is 5.69 Å². The lowest BCUT2D eigenvalue weighted by atomic mass is 10.1. The largest absolute Gasteiger partial charge is 0.484 e. The summed E-state index contributed by atoms with van der Waals surface area (Å²) in [7, 11) is 0. The molecule has 0 aliphatic carbocycles. The Kier molecular flexibility index (Phi) is 5.51. The summed E-state index contributed by atoms with van der Waals surface area (Å²) in [6, 6.07) is 19.2. The van der Waals surface area contributed by atoms with Crippen molar-refractivity contribution >= 4 is 44.7 Å². The van der Waals surface area contributed by atoms with E-state index in [-0.39, 0.29) is 12.5 Å². The van der Waals surface area contributed by atoms with Crippen LogP contribution in [0, 0.1) is 13.8 Å². The van der Waals surface area contributed by atoms with Crippen LogP contribution in [0.25, 0.3) is 20.8 Å². The van der Waals surface area contributed by atoms with Crippen molar-refractivity contribution in [3.8, 4) is 16.3 Å². The summed E-state index contributed by atoms with van der Waals surface area (Å²) in [5, 5.41) is 4.21. The molecule has 146 valence electrons. The highest BCUT2D eigenvalue weighted by molar-refractivity contribution is 7.21. The van der Waals surface area contributed by atoms with Crippen LogP contribution >= 0.6 is 22.9 Å². The number of benzene rings is 3. The van der Waals surface area contributed by atoms with Gasteiger partial charge in [0.05, 0.1) is 15.2 Å². The number of nitrogens with one attached hydrogen (secondary N) is 1. The first-order valence-electron chi connectivity index (χ1n) is 9.15. The van der Waals surface area contributed by atoms with Crippen LogP contribution in [0.5, 0.6) is 5.75 Å². The van der Waals surface area contributed by atoms with Crippen LogP contribution in [-0.2, 0) is 4.79 Å². The van der Waals surface area contributed by atoms with E-state index in [0.717, 1.165) is 26.4 Å². The van der Waals surface area contributed by atoms with E-state index in [0.29, 0.717) is 16.5 Å². The fraction of sp³-hybridized carbons (Fsp3) is 0.130. The maximum Gasteiger partial charge on any atom is 0.262 e. The number of amides is 1. The number of aromatic nitrogens is 1. The molecule has 4 aromatic rings. The molecule has 0 atom stereocenters. The van der Waals surface area contributed by atoms with Crippen LogP contribution in [0.2, 0.25) is 5.02 Å². The molecule has 0 saturated heterocycles. The standard InChI is InChI=1S/C23H19ClN2O2S/c1-14-7-9-17(11-15(14)2)28-13-22(27)25-16-8-10-18(19(24)12-16)23-26-20-5-3-4-6-21(20)29-23/h3-12H,13H2,1-2H3,(H,25,27). The summed E-state index contributed by atoms with van der Waals surface area (Å²) in [6.45, 7) is 3.98. The fourth-order valence-electron chi connectivity index (χ4n) is 2.90. The van der Waals surface area contributed by atoms with Gasteiger partial charge in [0.2, 0.25) is 0 Å². The van der Waals surface area contributed by atoms with Gasteiger partial charge >= 0.3 is 0 Å². The normalized spacial score (nSPS) is 10.9. The van der Waals surface area contributed by atoms with Crippen molar-refractivity contribution in [3.63, 3.8) is 0 Å². The Morgan fingerprint density at radius 2 is 1.90 bits per heavy atom. The number of rotatable bonds is 5. The van der Waals surface area contributed by atoms with Gasteiger partial charge in [0.1, 0.15) is 10.8 Å². The molecule has 0 spiro atoms. The molecule has 1 amide bonds. The molecule has 0 bridgehead atoms. The second-order valence-electron chi connectivity index (χ2n) is 6.76. The van der Waals surface area contributed by atoms with Crippen molar-refractivity contribution in [3.05, 3.63) is 76.8 Å². The Hall–Kier alpha value is -2.89. The SMILES string of the molecule is Cc1ccc(OCC(=O)Nc2ccc(-c3nc4ccccc4s3)c(Cl)c2)cc1C. The third kappa shape index (κ3) is 4.42. The quantitative estimate of drug-likeness (QED) is 0.413. The van der Waals surface area contributed by atoms with Gasteiger partial charge < -0.3 is 10.1 Å². The second-order valence-corrected chi connectivity index (χ2v) is 8.20. The molecule has 0 unspecified atom stereocenters. The minimum atomic E-state index is -0.243. The molecule has 6 heteroatoms. The van der Waals surface area contributed by atoms with Gasteiger partial charge in [-0.05, 0) is 67.4 Å². The predicted octanol–water partition coefficient (Wildman–Crippen LogP) is 6.25. The van der Waals surface area contributed by atoms with E-state index in [1.165, 1.54) is 5.56 Å². The molecule has 1 heterocycles. The summed E-state index contributed by atoms with van der Waals surface area (Å²) in [5.41, 5.74) is 4.72. The summed E-state index contributed by atoms with van der Waals surface area (Å²) in [5.74, 6) is 0.430. The predicted molar refractivity (Wildman–Crippen MR) is 120 cm³/mol. The van der Waals surface area contributed by atoms with Crippen LogP contribution in [0.15, 0.2) is 60.7 Å². The molecule has 0 aliphatic heterocycles. The number of ether oxygens (including phenoxy) is 1. The van der Waals surface area contributed by atoms with E-state index in [1.54, 1.807) is 17.4 Å². The number of aryl methyl sites for hydroxylation is 2. The van der Waals surface area contributed by atoms with Crippen molar-refractivity contribution in [2.45, 2.75) is 13.8 Å². The first-order valence-corrected chi connectivity index (χ1v) is 10.3. The van der Waals surface area contributed by atoms with E-state index in [2.05, 4.69) is 10.3 Å². The van der Waals surface area contributed by atoms with Crippen molar-refractivity contribution < 1.29 is 9.53 Å². The number of hydrogen-bond donors (Lipinski definition) is 1. The van der Waals surface area contributed by atoms with E-state index < -0.39 is 0 Å². The van der Waals surface area contributed by atoms with Gasteiger partial charge in [0, 0.05) is 11.3 Å². The van der Waals surface area contributed by atoms with Gasteiger partial charge in [-0.2, -0.15) is 0 Å². The molecular weight excluding hydrogens is 404 g/mol. The van der Waals surface area contributed by atoms with Crippen molar-refractivity contribution in [2.75, 3.05) is 11.9 Å². The minimum absolute atomic E-state index is 0.0697. The molecule has 1 N–H and O–H groups in total. The molecule has 1 aromatic heterocycles. The number of carbonyl (C=O) groups is 1. The smallest absolute Gasteiger partial charge is 0.262 e. The van der Waals surface area contributed by atoms with E-state index in [9.17, 15) is 4.79 Å². The lowest BCUT2D eigenvalue weighted by Gasteiger charge is -2.10. The molecule has 0 radical (unpaired) electrons. The first-order chi connectivity index (χ1) is 14.0. The lowest BCUT2D eigenvalue weighted by molar-refractivity contribution is -0.118. The van der Waals surface area contributed by atoms with Crippen molar-refractivity contribution in [2.24, 2.45) is 0 Å². The molecule has 0 saturated carbocycles. The zero-order valence-corrected chi connectivity index (χ0v) is 17.6. The third-order valence-corrected chi connectivity index (χ3v) is 6.01. The Morgan fingerprint density at radius 3 is 2.66 bits per heavy atom. The average Bonchev–Trinajstić information content (AvgIpc) is 3.13. The zero-order valence-electron chi connectivity index (χ0n) is 16.0. The van der Waals surface area contributed by atoms with Crippen molar-refractivity contribution in [1.82, 2.24) is 4.98 Å². The summed E-state index contributed by atoms with van der Waals surface area (Å²) < 4.78 is 6.69. The van der Waals surface area contributed by atoms with Gasteiger partial charge in [-0.1, -0.05) is 29.8 Å². The molecule has 4 rings (SSSR count). The number of thiazole rings is 1. The van der Waals surface area contributed by atoms with Gasteiger partial charge in [0.25, 0.3) is 5.91 Å². The third-order valence-electron chi connectivity index (χ3n) is 4.63. The number of nitrogens with zero attached hydrogens (tertiary/aromatic N) is 1. The number of hydrogen-bond acceptors (Lipinski definition) is 4. The van der Waals surface area contributed by atoms with E-state index in [4.69, 9.17) is 16.3 Å². The highest BCUT2D eigenvalue weighted by Gasteiger charge is 2.12. The Bertz CT molecular complexity index is 1170. The molecule has 3 aromatic carbocycles. The van der Waals surface area contributed by atoms with Crippen LogP contribution < -0.4 is 10.1 Å². The number of anilines is 1.